The maximum Gasteiger partial charge on any atom is 0.387 e. The largest absolute Gasteiger partial charge is 0.434 e. The number of carbonyl (C=O) groups is 1. The minimum atomic E-state index is -2.90. The Morgan fingerprint density at radius 3 is 2.38 bits per heavy atom. The minimum absolute atomic E-state index is 0.0513. The van der Waals surface area contributed by atoms with Crippen LogP contribution in [0.3, 0.4) is 0 Å². The molecule has 0 radical (unpaired) electrons. The van der Waals surface area contributed by atoms with E-state index in [9.17, 15) is 13.6 Å². The Balaban J connectivity index is 2.26. The summed E-state index contributed by atoms with van der Waals surface area (Å²) >= 11 is 0. The van der Waals surface area contributed by atoms with Gasteiger partial charge in [-0.25, -0.2) is 0 Å². The van der Waals surface area contributed by atoms with Crippen molar-refractivity contribution in [2.75, 3.05) is 5.32 Å². The Morgan fingerprint density at radius 2 is 1.83 bits per heavy atom. The quantitative estimate of drug-likeness (QED) is 0.848. The third-order valence-corrected chi connectivity index (χ3v) is 3.91. The van der Waals surface area contributed by atoms with Gasteiger partial charge in [0.1, 0.15) is 5.75 Å². The highest BCUT2D eigenvalue weighted by molar-refractivity contribution is 6.05. The molecule has 0 spiro atoms. The van der Waals surface area contributed by atoms with E-state index in [1.54, 1.807) is 19.1 Å². The van der Waals surface area contributed by atoms with Crippen LogP contribution in [0, 0.1) is 20.8 Å². The van der Waals surface area contributed by atoms with Crippen LogP contribution in [0.1, 0.15) is 47.2 Å². The SMILES string of the molecule is Cc1ccc(NC(=O)c2cc(C)n(C(C)C)c2C)cc1OC(F)F. The first-order valence-corrected chi connectivity index (χ1v) is 7.76. The van der Waals surface area contributed by atoms with Crippen LogP contribution in [-0.2, 0) is 0 Å². The van der Waals surface area contributed by atoms with Crippen LogP contribution in [0.15, 0.2) is 24.3 Å². The number of nitrogens with zero attached hydrogens (tertiary/aromatic N) is 1. The van der Waals surface area contributed by atoms with Gasteiger partial charge in [-0.1, -0.05) is 6.07 Å². The fourth-order valence-electron chi connectivity index (χ4n) is 2.90. The Labute approximate surface area is 140 Å². The average Bonchev–Trinajstić information content (AvgIpc) is 2.77. The van der Waals surface area contributed by atoms with Crippen molar-refractivity contribution in [3.63, 3.8) is 0 Å². The molecule has 0 bridgehead atoms. The molecule has 0 saturated carbocycles. The van der Waals surface area contributed by atoms with Crippen LogP contribution < -0.4 is 10.1 Å². The molecule has 0 aliphatic heterocycles. The molecule has 1 aromatic heterocycles. The number of halogens is 2. The van der Waals surface area contributed by atoms with E-state index in [0.29, 0.717) is 16.8 Å². The molecule has 4 nitrogen and oxygen atoms in total. The minimum Gasteiger partial charge on any atom is -0.434 e. The lowest BCUT2D eigenvalue weighted by Gasteiger charge is -2.14. The lowest BCUT2D eigenvalue weighted by atomic mass is 10.2. The van der Waals surface area contributed by atoms with Crippen LogP contribution in [0.5, 0.6) is 5.75 Å². The van der Waals surface area contributed by atoms with Gasteiger partial charge in [0.25, 0.3) is 5.91 Å². The number of aryl methyl sites for hydroxylation is 2. The summed E-state index contributed by atoms with van der Waals surface area (Å²) in [6, 6.07) is 6.77. The highest BCUT2D eigenvalue weighted by Crippen LogP contribution is 2.26. The highest BCUT2D eigenvalue weighted by Gasteiger charge is 2.18. The summed E-state index contributed by atoms with van der Waals surface area (Å²) in [7, 11) is 0. The van der Waals surface area contributed by atoms with Gasteiger partial charge in [0.05, 0.1) is 5.56 Å². The number of ether oxygens (including phenoxy) is 1. The van der Waals surface area contributed by atoms with E-state index in [-0.39, 0.29) is 17.7 Å². The highest BCUT2D eigenvalue weighted by atomic mass is 19.3. The van der Waals surface area contributed by atoms with Crippen molar-refractivity contribution in [3.05, 3.63) is 46.8 Å². The second kappa shape index (κ2) is 7.03. The number of aromatic nitrogens is 1. The molecule has 1 amide bonds. The summed E-state index contributed by atoms with van der Waals surface area (Å²) in [4.78, 5) is 12.5. The molecule has 2 aromatic rings. The molecule has 2 rings (SSSR count). The lowest BCUT2D eigenvalue weighted by Crippen LogP contribution is -2.14. The molecule has 1 N–H and O–H groups in total. The molecular weight excluding hydrogens is 314 g/mol. The molecule has 0 saturated heterocycles. The Bertz CT molecular complexity index is 752. The van der Waals surface area contributed by atoms with Crippen molar-refractivity contribution in [3.8, 4) is 5.75 Å². The number of rotatable bonds is 5. The first-order chi connectivity index (χ1) is 11.2. The van der Waals surface area contributed by atoms with Crippen LogP contribution >= 0.6 is 0 Å². The fourth-order valence-corrected chi connectivity index (χ4v) is 2.90. The van der Waals surface area contributed by atoms with Gasteiger partial charge in [0.2, 0.25) is 0 Å². The summed E-state index contributed by atoms with van der Waals surface area (Å²) in [5.74, 6) is -0.225. The van der Waals surface area contributed by atoms with Gasteiger partial charge in [-0.05, 0) is 52.3 Å². The average molecular weight is 336 g/mol. The molecule has 24 heavy (non-hydrogen) atoms. The number of amides is 1. The molecule has 0 fully saturated rings. The first kappa shape index (κ1) is 18.0. The van der Waals surface area contributed by atoms with Gasteiger partial charge in [-0.15, -0.1) is 0 Å². The van der Waals surface area contributed by atoms with Crippen LogP contribution in [0.2, 0.25) is 0 Å². The molecular formula is C18H22F2N2O2. The van der Waals surface area contributed by atoms with E-state index in [1.807, 2.05) is 19.9 Å². The van der Waals surface area contributed by atoms with Gasteiger partial charge in [0.15, 0.2) is 0 Å². The maximum absolute atomic E-state index is 12.5. The Morgan fingerprint density at radius 1 is 1.17 bits per heavy atom. The van der Waals surface area contributed by atoms with Gasteiger partial charge in [-0.3, -0.25) is 4.79 Å². The van der Waals surface area contributed by atoms with Gasteiger partial charge in [0, 0.05) is 29.2 Å². The van der Waals surface area contributed by atoms with Crippen LogP contribution in [-0.4, -0.2) is 17.1 Å². The van der Waals surface area contributed by atoms with Crippen molar-refractivity contribution in [1.29, 1.82) is 0 Å². The second-order valence-corrected chi connectivity index (χ2v) is 6.06. The zero-order valence-corrected chi connectivity index (χ0v) is 14.5. The number of hydrogen-bond acceptors (Lipinski definition) is 2. The predicted octanol–water partition coefficient (Wildman–Crippen LogP) is 4.85. The standard InChI is InChI=1S/C18H22F2N2O2/c1-10(2)22-12(4)8-15(13(22)5)17(23)21-14-7-6-11(3)16(9-14)24-18(19)20/h6-10,18H,1-5H3,(H,21,23). The number of nitrogens with one attached hydrogen (secondary N) is 1. The molecule has 0 atom stereocenters. The first-order valence-electron chi connectivity index (χ1n) is 7.76. The number of hydrogen-bond donors (Lipinski definition) is 1. The molecule has 0 aliphatic rings. The maximum atomic E-state index is 12.5. The van der Waals surface area contributed by atoms with Gasteiger partial charge in [-0.2, -0.15) is 8.78 Å². The fraction of sp³-hybridized carbons (Fsp3) is 0.389. The van der Waals surface area contributed by atoms with Crippen LogP contribution in [0.4, 0.5) is 14.5 Å². The van der Waals surface area contributed by atoms with E-state index >= 15 is 0 Å². The van der Waals surface area contributed by atoms with Crippen LogP contribution in [0.25, 0.3) is 0 Å². The zero-order chi connectivity index (χ0) is 18.0. The molecule has 1 heterocycles. The monoisotopic (exact) mass is 336 g/mol. The second-order valence-electron chi connectivity index (χ2n) is 6.06. The van der Waals surface area contributed by atoms with Crippen molar-refractivity contribution >= 4 is 11.6 Å². The molecule has 1 aromatic carbocycles. The van der Waals surface area contributed by atoms with Gasteiger partial charge < -0.3 is 14.6 Å². The number of alkyl halides is 2. The van der Waals surface area contributed by atoms with Crippen molar-refractivity contribution in [2.45, 2.75) is 47.3 Å². The normalized spacial score (nSPS) is 11.2. The number of anilines is 1. The van der Waals surface area contributed by atoms with E-state index in [1.165, 1.54) is 6.07 Å². The van der Waals surface area contributed by atoms with E-state index in [2.05, 4.69) is 28.5 Å². The number of benzene rings is 1. The third-order valence-electron chi connectivity index (χ3n) is 3.91. The van der Waals surface area contributed by atoms with Crippen molar-refractivity contribution < 1.29 is 18.3 Å². The van der Waals surface area contributed by atoms with E-state index in [0.717, 1.165) is 11.4 Å². The lowest BCUT2D eigenvalue weighted by molar-refractivity contribution is -0.0502. The summed E-state index contributed by atoms with van der Waals surface area (Å²) in [6.45, 7) is 6.71. The van der Waals surface area contributed by atoms with Crippen molar-refractivity contribution in [1.82, 2.24) is 4.57 Å². The smallest absolute Gasteiger partial charge is 0.387 e. The Hall–Kier alpha value is -2.37. The predicted molar refractivity (Wildman–Crippen MR) is 90.1 cm³/mol. The summed E-state index contributed by atoms with van der Waals surface area (Å²) in [5.41, 5.74) is 3.43. The van der Waals surface area contributed by atoms with Gasteiger partial charge >= 0.3 is 6.61 Å². The summed E-state index contributed by atoms with van der Waals surface area (Å²) in [5, 5.41) is 2.74. The molecule has 0 unspecified atom stereocenters. The Kier molecular flexibility index (Phi) is 5.26. The number of carbonyl (C=O) groups excluding carboxylic acids is 1. The third kappa shape index (κ3) is 3.75. The topological polar surface area (TPSA) is 43.3 Å². The summed E-state index contributed by atoms with van der Waals surface area (Å²) in [6.07, 6.45) is 0. The van der Waals surface area contributed by atoms with Crippen molar-refractivity contribution in [2.24, 2.45) is 0 Å². The molecule has 0 aliphatic carbocycles. The molecule has 130 valence electrons. The van der Waals surface area contributed by atoms with E-state index < -0.39 is 6.61 Å². The molecule has 6 heteroatoms. The van der Waals surface area contributed by atoms with E-state index in [4.69, 9.17) is 0 Å². The zero-order valence-electron chi connectivity index (χ0n) is 14.5. The summed E-state index contributed by atoms with van der Waals surface area (Å²) < 4.78 is 31.4.